The number of hydrogen-bond donors (Lipinski definition) is 1. The highest BCUT2D eigenvalue weighted by Crippen LogP contribution is 2.20. The number of nitrogens with two attached hydrogens (primary N) is 1. The summed E-state index contributed by atoms with van der Waals surface area (Å²) in [5.41, 5.74) is 6.51. The smallest absolute Gasteiger partial charge is 0.256 e. The van der Waals surface area contributed by atoms with Crippen LogP contribution in [0.2, 0.25) is 5.15 Å². The highest BCUT2D eigenvalue weighted by molar-refractivity contribution is 6.29. The van der Waals surface area contributed by atoms with Crippen LogP contribution in [0.15, 0.2) is 12.3 Å². The van der Waals surface area contributed by atoms with Crippen molar-refractivity contribution in [3.8, 4) is 0 Å². The molecule has 98 valence electrons. The van der Waals surface area contributed by atoms with E-state index in [1.165, 1.54) is 12.3 Å². The second-order valence-electron chi connectivity index (χ2n) is 4.56. The number of hydrogen-bond acceptors (Lipinski definition) is 4. The Bertz CT molecular complexity index is 457. The van der Waals surface area contributed by atoms with Crippen molar-refractivity contribution in [3.05, 3.63) is 23.0 Å². The highest BCUT2D eigenvalue weighted by atomic mass is 35.5. The van der Waals surface area contributed by atoms with Crippen molar-refractivity contribution in [2.45, 2.75) is 26.1 Å². The minimum Gasteiger partial charge on any atom is -0.397 e. The van der Waals surface area contributed by atoms with Gasteiger partial charge in [0.2, 0.25) is 0 Å². The molecule has 1 aliphatic heterocycles. The number of nitrogens with zero attached hydrogens (tertiary/aromatic N) is 2. The third-order valence-electron chi connectivity index (χ3n) is 2.84. The van der Waals surface area contributed by atoms with Crippen LogP contribution in [0.3, 0.4) is 0 Å². The van der Waals surface area contributed by atoms with Gasteiger partial charge in [-0.05, 0) is 19.9 Å². The molecule has 5 nitrogen and oxygen atoms in total. The van der Waals surface area contributed by atoms with Gasteiger partial charge in [-0.1, -0.05) is 11.6 Å². The number of morpholine rings is 1. The Morgan fingerprint density at radius 2 is 2.11 bits per heavy atom. The van der Waals surface area contributed by atoms with Crippen LogP contribution >= 0.6 is 11.6 Å². The first-order valence-electron chi connectivity index (χ1n) is 5.83. The van der Waals surface area contributed by atoms with E-state index in [0.29, 0.717) is 24.3 Å². The van der Waals surface area contributed by atoms with E-state index in [4.69, 9.17) is 22.1 Å². The van der Waals surface area contributed by atoms with Crippen LogP contribution in [0.25, 0.3) is 0 Å². The number of pyridine rings is 1. The van der Waals surface area contributed by atoms with E-state index in [1.54, 1.807) is 4.90 Å². The number of nitrogen functional groups attached to an aromatic ring is 1. The lowest BCUT2D eigenvalue weighted by Crippen LogP contribution is -2.48. The molecule has 0 saturated carbocycles. The molecule has 2 heterocycles. The number of anilines is 1. The zero-order valence-electron chi connectivity index (χ0n) is 10.4. The van der Waals surface area contributed by atoms with Gasteiger partial charge < -0.3 is 15.4 Å². The number of halogens is 1. The van der Waals surface area contributed by atoms with Crippen LogP contribution in [0.4, 0.5) is 5.69 Å². The summed E-state index contributed by atoms with van der Waals surface area (Å²) in [6.45, 7) is 5.00. The lowest BCUT2D eigenvalue weighted by atomic mass is 10.1. The molecule has 0 spiro atoms. The van der Waals surface area contributed by atoms with E-state index >= 15 is 0 Å². The van der Waals surface area contributed by atoms with Crippen LogP contribution in [0, 0.1) is 0 Å². The molecule has 1 aromatic rings. The maximum atomic E-state index is 12.4. The van der Waals surface area contributed by atoms with Gasteiger partial charge in [0.25, 0.3) is 5.91 Å². The molecule has 2 N–H and O–H groups in total. The topological polar surface area (TPSA) is 68.5 Å². The number of aromatic nitrogens is 1. The Hall–Kier alpha value is -1.33. The molecule has 0 aromatic carbocycles. The number of rotatable bonds is 1. The predicted molar refractivity (Wildman–Crippen MR) is 69.6 cm³/mol. The Labute approximate surface area is 111 Å². The van der Waals surface area contributed by atoms with Crippen molar-refractivity contribution >= 4 is 23.2 Å². The number of carbonyl (C=O) groups excluding carboxylic acids is 1. The van der Waals surface area contributed by atoms with E-state index < -0.39 is 0 Å². The summed E-state index contributed by atoms with van der Waals surface area (Å²) in [7, 11) is 0. The predicted octanol–water partition coefficient (Wildman–Crippen LogP) is 1.57. The molecule has 1 aromatic heterocycles. The first-order chi connectivity index (χ1) is 8.47. The quantitative estimate of drug-likeness (QED) is 0.786. The molecule has 0 unspecified atom stereocenters. The zero-order valence-corrected chi connectivity index (χ0v) is 11.1. The largest absolute Gasteiger partial charge is 0.397 e. The standard InChI is InChI=1S/C12H16ClN3O2/c1-7-5-16(6-8(2)18-7)12(17)9-3-11(13)15-4-10(9)14/h3-4,7-8H,5-6,14H2,1-2H3/t7-,8+. The van der Waals surface area contributed by atoms with E-state index in [1.807, 2.05) is 13.8 Å². The van der Waals surface area contributed by atoms with Gasteiger partial charge in [0.05, 0.1) is 29.7 Å². The van der Waals surface area contributed by atoms with Gasteiger partial charge in [0, 0.05) is 13.1 Å². The molecule has 1 saturated heterocycles. The van der Waals surface area contributed by atoms with Crippen molar-refractivity contribution in [1.82, 2.24) is 9.88 Å². The summed E-state index contributed by atoms with van der Waals surface area (Å²) < 4.78 is 5.59. The summed E-state index contributed by atoms with van der Waals surface area (Å²) in [5.74, 6) is -0.126. The van der Waals surface area contributed by atoms with E-state index in [0.717, 1.165) is 0 Å². The fraction of sp³-hybridized carbons (Fsp3) is 0.500. The van der Waals surface area contributed by atoms with Gasteiger partial charge in [-0.3, -0.25) is 4.79 Å². The SMILES string of the molecule is C[C@@H]1CN(C(=O)c2cc(Cl)ncc2N)C[C@H](C)O1. The molecule has 1 amide bonds. The summed E-state index contributed by atoms with van der Waals surface area (Å²) in [5, 5.41) is 0.266. The van der Waals surface area contributed by atoms with Gasteiger partial charge in [-0.25, -0.2) is 4.98 Å². The lowest BCUT2D eigenvalue weighted by molar-refractivity contribution is -0.0585. The molecule has 2 atom stereocenters. The molecular weight excluding hydrogens is 254 g/mol. The number of ether oxygens (including phenoxy) is 1. The third-order valence-corrected chi connectivity index (χ3v) is 3.05. The van der Waals surface area contributed by atoms with Crippen molar-refractivity contribution in [1.29, 1.82) is 0 Å². The minimum atomic E-state index is -0.126. The van der Waals surface area contributed by atoms with Crippen molar-refractivity contribution in [2.75, 3.05) is 18.8 Å². The Morgan fingerprint density at radius 3 is 2.72 bits per heavy atom. The van der Waals surface area contributed by atoms with Gasteiger partial charge in [-0.15, -0.1) is 0 Å². The third kappa shape index (κ3) is 2.73. The van der Waals surface area contributed by atoms with Crippen LogP contribution < -0.4 is 5.73 Å². The second-order valence-corrected chi connectivity index (χ2v) is 4.95. The lowest BCUT2D eigenvalue weighted by Gasteiger charge is -2.35. The molecule has 0 aliphatic carbocycles. The molecule has 18 heavy (non-hydrogen) atoms. The molecule has 1 fully saturated rings. The Kier molecular flexibility index (Phi) is 3.73. The molecule has 0 bridgehead atoms. The molecular formula is C12H16ClN3O2. The van der Waals surface area contributed by atoms with E-state index in [-0.39, 0.29) is 23.3 Å². The number of amides is 1. The summed E-state index contributed by atoms with van der Waals surface area (Å²) >= 11 is 5.80. The summed E-state index contributed by atoms with van der Waals surface area (Å²) in [6, 6.07) is 1.50. The van der Waals surface area contributed by atoms with Gasteiger partial charge in [0.15, 0.2) is 0 Å². The van der Waals surface area contributed by atoms with Crippen LogP contribution in [0.1, 0.15) is 24.2 Å². The van der Waals surface area contributed by atoms with Gasteiger partial charge in [0.1, 0.15) is 5.15 Å². The molecule has 2 rings (SSSR count). The average molecular weight is 270 g/mol. The summed E-state index contributed by atoms with van der Waals surface area (Å²) in [6.07, 6.45) is 1.45. The van der Waals surface area contributed by atoms with Crippen molar-refractivity contribution < 1.29 is 9.53 Å². The first-order valence-corrected chi connectivity index (χ1v) is 6.21. The molecule has 6 heteroatoms. The first kappa shape index (κ1) is 13.1. The van der Waals surface area contributed by atoms with Crippen LogP contribution in [0.5, 0.6) is 0 Å². The summed E-state index contributed by atoms with van der Waals surface area (Å²) in [4.78, 5) is 17.9. The molecule has 0 radical (unpaired) electrons. The Morgan fingerprint density at radius 1 is 1.50 bits per heavy atom. The average Bonchev–Trinajstić information content (AvgIpc) is 2.30. The monoisotopic (exact) mass is 269 g/mol. The van der Waals surface area contributed by atoms with Crippen molar-refractivity contribution in [2.24, 2.45) is 0 Å². The van der Waals surface area contributed by atoms with Crippen LogP contribution in [-0.4, -0.2) is 41.1 Å². The minimum absolute atomic E-state index is 0.0243. The van der Waals surface area contributed by atoms with Crippen molar-refractivity contribution in [3.63, 3.8) is 0 Å². The molecule has 1 aliphatic rings. The van der Waals surface area contributed by atoms with Gasteiger partial charge >= 0.3 is 0 Å². The maximum Gasteiger partial charge on any atom is 0.256 e. The van der Waals surface area contributed by atoms with Gasteiger partial charge in [-0.2, -0.15) is 0 Å². The van der Waals surface area contributed by atoms with E-state index in [2.05, 4.69) is 4.98 Å². The Balaban J connectivity index is 2.22. The van der Waals surface area contributed by atoms with E-state index in [9.17, 15) is 4.79 Å². The normalized spacial score (nSPS) is 24.1. The maximum absolute atomic E-state index is 12.4. The zero-order chi connectivity index (χ0) is 13.3. The van der Waals surface area contributed by atoms with Crippen LogP contribution in [-0.2, 0) is 4.74 Å². The second kappa shape index (κ2) is 5.12. The fourth-order valence-electron chi connectivity index (χ4n) is 2.14. The highest BCUT2D eigenvalue weighted by Gasteiger charge is 2.27. The fourth-order valence-corrected chi connectivity index (χ4v) is 2.30. The number of carbonyl (C=O) groups is 1.